The van der Waals surface area contributed by atoms with Gasteiger partial charge in [0.15, 0.2) is 11.6 Å². The van der Waals surface area contributed by atoms with Crippen LogP contribution in [0, 0.1) is 0 Å². The van der Waals surface area contributed by atoms with Crippen LogP contribution in [0.25, 0.3) is 23.0 Å². The molecule has 3 N–H and O–H groups in total. The molecule has 0 atom stereocenters. The number of aromatic nitrogens is 6. The van der Waals surface area contributed by atoms with Crippen molar-refractivity contribution in [1.82, 2.24) is 40.5 Å². The summed E-state index contributed by atoms with van der Waals surface area (Å²) < 4.78 is 5.22. The van der Waals surface area contributed by atoms with E-state index < -0.39 is 0 Å². The van der Waals surface area contributed by atoms with Gasteiger partial charge < -0.3 is 30.3 Å². The summed E-state index contributed by atoms with van der Waals surface area (Å²) in [6.45, 7) is 12.8. The van der Waals surface area contributed by atoms with Crippen molar-refractivity contribution in [2.75, 3.05) is 44.1 Å². The van der Waals surface area contributed by atoms with Crippen molar-refractivity contribution < 1.29 is 19.4 Å². The molecule has 2 aliphatic carbocycles. The largest absolute Gasteiger partial charge is 0.392 e. The highest BCUT2D eigenvalue weighted by atomic mass is 16.5. The first-order valence-corrected chi connectivity index (χ1v) is 18.9. The number of ether oxygens (including phenoxy) is 1. The van der Waals surface area contributed by atoms with Gasteiger partial charge in [0.25, 0.3) is 0 Å². The number of pyridine rings is 2. The molecule has 4 aromatic rings. The Hall–Kier alpha value is -5.08. The van der Waals surface area contributed by atoms with Gasteiger partial charge in [-0.05, 0) is 115 Å². The van der Waals surface area contributed by atoms with Crippen molar-refractivity contribution in [2.24, 2.45) is 0 Å². The first kappa shape index (κ1) is 41.1. The quantitative estimate of drug-likeness (QED) is 0.198. The molecule has 6 rings (SSSR count). The minimum Gasteiger partial charge on any atom is -0.392 e. The van der Waals surface area contributed by atoms with Gasteiger partial charge in [-0.15, -0.1) is 0 Å². The molecule has 0 radical (unpaired) electrons. The van der Waals surface area contributed by atoms with Crippen molar-refractivity contribution >= 4 is 23.5 Å². The summed E-state index contributed by atoms with van der Waals surface area (Å²) in [7, 11) is 5.45. The first-order valence-electron chi connectivity index (χ1n) is 18.9. The predicted octanol–water partition coefficient (Wildman–Crippen LogP) is 4.40. The molecule has 0 unspecified atom stereocenters. The fourth-order valence-corrected chi connectivity index (χ4v) is 6.73. The number of nitrogens with zero attached hydrogens (tertiary/aromatic N) is 8. The van der Waals surface area contributed by atoms with E-state index in [2.05, 4.69) is 20.6 Å². The van der Waals surface area contributed by atoms with Gasteiger partial charge >= 0.3 is 0 Å². The molecule has 4 aromatic heterocycles. The Labute approximate surface area is 324 Å². The number of aryl methyl sites for hydroxylation is 2. The molecule has 2 amide bonds. The van der Waals surface area contributed by atoms with Gasteiger partial charge in [-0.25, -0.2) is 19.9 Å². The van der Waals surface area contributed by atoms with Gasteiger partial charge in [0.1, 0.15) is 23.0 Å². The zero-order valence-corrected chi connectivity index (χ0v) is 33.8. The fourth-order valence-electron chi connectivity index (χ4n) is 6.73. The number of rotatable bonds is 11. The Balaban J connectivity index is 0.000000211. The van der Waals surface area contributed by atoms with Gasteiger partial charge in [0.2, 0.25) is 11.8 Å². The number of aliphatic hydroxyl groups excluding tert-OH is 1. The van der Waals surface area contributed by atoms with Crippen LogP contribution in [0.4, 0.5) is 11.6 Å². The molecule has 55 heavy (non-hydrogen) atoms. The Morgan fingerprint density at radius 3 is 1.56 bits per heavy atom. The van der Waals surface area contributed by atoms with Crippen LogP contribution >= 0.6 is 0 Å². The van der Waals surface area contributed by atoms with Crippen molar-refractivity contribution in [1.29, 1.82) is 0 Å². The lowest BCUT2D eigenvalue weighted by molar-refractivity contribution is -0.122. The molecule has 0 saturated heterocycles. The number of anilines is 2. The van der Waals surface area contributed by atoms with Crippen LogP contribution in [-0.4, -0.2) is 92.2 Å². The number of fused-ring (bicyclic) bond motifs is 2. The number of likely N-dealkylation sites (N-methyl/N-ethyl adjacent to an activating group) is 2. The lowest BCUT2D eigenvalue weighted by Gasteiger charge is -2.25. The minimum atomic E-state index is -0.272. The van der Waals surface area contributed by atoms with Crippen LogP contribution < -0.4 is 20.4 Å². The van der Waals surface area contributed by atoms with E-state index in [0.29, 0.717) is 23.9 Å². The number of hydrogen-bond donors (Lipinski definition) is 3. The fraction of sp³-hybridized carbons (Fsp3) is 0.512. The van der Waals surface area contributed by atoms with Gasteiger partial charge in [-0.2, -0.15) is 0 Å². The van der Waals surface area contributed by atoms with E-state index in [1.165, 1.54) is 0 Å². The van der Waals surface area contributed by atoms with Crippen LogP contribution in [0.3, 0.4) is 0 Å². The molecule has 0 fully saturated rings. The van der Waals surface area contributed by atoms with Crippen LogP contribution in [0.5, 0.6) is 0 Å². The van der Waals surface area contributed by atoms with Gasteiger partial charge in [-0.1, -0.05) is 0 Å². The zero-order chi connectivity index (χ0) is 39.9. The van der Waals surface area contributed by atoms with E-state index in [0.717, 1.165) is 89.5 Å². The topological polar surface area (TPSA) is 171 Å². The SMILES string of the molecule is CN(CC(=O)NC(C)(C)C)c1nc(-c2cc(CO)ccn2)nc2c1CCC2.COCc1ccnc(-c2nc3c(c(N(C)CC(=O)NC(C)(C)C)n2)CCC3)c1. The molecule has 2 aliphatic rings. The normalized spacial score (nSPS) is 13.3. The number of carbonyl (C=O) groups excluding carboxylic acids is 2. The molecule has 0 saturated carbocycles. The Morgan fingerprint density at radius 1 is 0.709 bits per heavy atom. The highest BCUT2D eigenvalue weighted by Gasteiger charge is 2.26. The van der Waals surface area contributed by atoms with Crippen molar-refractivity contribution in [3.05, 3.63) is 70.3 Å². The second-order valence-electron chi connectivity index (χ2n) is 16.3. The molecule has 0 spiro atoms. The third-order valence-electron chi connectivity index (χ3n) is 8.94. The molecule has 294 valence electrons. The summed E-state index contributed by atoms with van der Waals surface area (Å²) in [5.41, 5.74) is 6.94. The summed E-state index contributed by atoms with van der Waals surface area (Å²) in [5, 5.41) is 15.4. The number of aliphatic hydroxyl groups is 1. The van der Waals surface area contributed by atoms with E-state index in [1.807, 2.05) is 77.6 Å². The smallest absolute Gasteiger partial charge is 0.239 e. The maximum Gasteiger partial charge on any atom is 0.239 e. The molecule has 0 bridgehead atoms. The zero-order valence-electron chi connectivity index (χ0n) is 33.8. The first-order chi connectivity index (χ1) is 26.0. The lowest BCUT2D eigenvalue weighted by atomic mass is 10.1. The highest BCUT2D eigenvalue weighted by Crippen LogP contribution is 2.32. The van der Waals surface area contributed by atoms with Crippen molar-refractivity contribution in [3.63, 3.8) is 0 Å². The second-order valence-corrected chi connectivity index (χ2v) is 16.3. The number of nitrogens with one attached hydrogen (secondary N) is 2. The molecule has 4 heterocycles. The van der Waals surface area contributed by atoms with Crippen LogP contribution in [0.1, 0.15) is 88.0 Å². The number of hydrogen-bond acceptors (Lipinski definition) is 12. The maximum atomic E-state index is 12.4. The van der Waals surface area contributed by atoms with E-state index in [4.69, 9.17) is 24.7 Å². The van der Waals surface area contributed by atoms with Crippen LogP contribution in [0.15, 0.2) is 36.7 Å². The minimum absolute atomic E-state index is 0.0258. The summed E-state index contributed by atoms with van der Waals surface area (Å²) >= 11 is 0. The summed E-state index contributed by atoms with van der Waals surface area (Å²) in [6.07, 6.45) is 9.18. The monoisotopic (exact) mass is 752 g/mol. The van der Waals surface area contributed by atoms with E-state index in [9.17, 15) is 14.7 Å². The van der Waals surface area contributed by atoms with Gasteiger partial charge in [0, 0.05) is 67.2 Å². The average molecular weight is 753 g/mol. The molecule has 14 nitrogen and oxygen atoms in total. The summed E-state index contributed by atoms with van der Waals surface area (Å²) in [5.74, 6) is 2.66. The second kappa shape index (κ2) is 17.6. The van der Waals surface area contributed by atoms with E-state index in [1.54, 1.807) is 31.6 Å². The summed E-state index contributed by atoms with van der Waals surface area (Å²) in [4.78, 5) is 56.3. The third-order valence-corrected chi connectivity index (χ3v) is 8.94. The number of amides is 2. The van der Waals surface area contributed by atoms with Crippen LogP contribution in [-0.2, 0) is 53.2 Å². The summed E-state index contributed by atoms with van der Waals surface area (Å²) in [6, 6.07) is 7.44. The van der Waals surface area contributed by atoms with Gasteiger partial charge in [-0.3, -0.25) is 19.6 Å². The molecule has 0 aromatic carbocycles. The Kier molecular flexibility index (Phi) is 13.1. The Bertz CT molecular complexity index is 1990. The van der Waals surface area contributed by atoms with E-state index >= 15 is 0 Å². The number of carbonyl (C=O) groups is 2. The van der Waals surface area contributed by atoms with E-state index in [-0.39, 0.29) is 42.6 Å². The molecular formula is C41H56N10O4. The van der Waals surface area contributed by atoms with Crippen molar-refractivity contribution in [3.8, 4) is 23.0 Å². The average Bonchev–Trinajstić information content (AvgIpc) is 3.79. The molecular weight excluding hydrogens is 697 g/mol. The molecule has 0 aliphatic heterocycles. The number of methoxy groups -OCH3 is 1. The third kappa shape index (κ3) is 11.2. The highest BCUT2D eigenvalue weighted by molar-refractivity contribution is 5.82. The van der Waals surface area contributed by atoms with Crippen LogP contribution in [0.2, 0.25) is 0 Å². The Morgan fingerprint density at radius 2 is 1.15 bits per heavy atom. The lowest BCUT2D eigenvalue weighted by Crippen LogP contribution is -2.45. The van der Waals surface area contributed by atoms with Crippen molar-refractivity contribution in [2.45, 2.75) is 104 Å². The standard InChI is InChI=1S/C21H29N5O2.C20H27N5O2/c1-21(2,3)25-18(27)12-26(4)20-15-7-6-8-16(15)23-19(24-20)17-11-14(13-28-5)9-10-22-17;1-20(2,3)24-17(27)11-25(4)19-14-6-5-7-15(14)22-18(23-19)16-10-13(12-26)8-9-21-16/h9-11H,6-8,12-13H2,1-5H3,(H,25,27);8-10,26H,5-7,11-12H2,1-4H3,(H,24,27). The molecule has 14 heteroatoms. The van der Waals surface area contributed by atoms with Gasteiger partial charge in [0.05, 0.1) is 26.3 Å². The maximum absolute atomic E-state index is 12.4. The predicted molar refractivity (Wildman–Crippen MR) is 214 cm³/mol.